The SMILES string of the molecule is CCCCCCCCCCCCCCCCCCC[CH2][Al][CH2]CCCCCCCCCCCCCCCCCCC. The van der Waals surface area contributed by atoms with E-state index in [4.69, 9.17) is 0 Å². The van der Waals surface area contributed by atoms with Crippen LogP contribution in [0.4, 0.5) is 0 Å². The molecular weight excluding hydrogens is 507 g/mol. The fourth-order valence-corrected chi connectivity index (χ4v) is 7.97. The minimum Gasteiger partial charge on any atom is -0.104 e. The van der Waals surface area contributed by atoms with E-state index < -0.39 is 0 Å². The highest BCUT2D eigenvalue weighted by Crippen LogP contribution is 2.16. The zero-order valence-corrected chi connectivity index (χ0v) is 30.6. The van der Waals surface area contributed by atoms with Crippen LogP contribution in [-0.4, -0.2) is 15.2 Å². The van der Waals surface area contributed by atoms with E-state index >= 15 is 0 Å². The molecule has 0 heterocycles. The summed E-state index contributed by atoms with van der Waals surface area (Å²) in [5.41, 5.74) is 0. The molecule has 1 heteroatoms. The number of hydrogen-bond acceptors (Lipinski definition) is 0. The van der Waals surface area contributed by atoms with Gasteiger partial charge in [-0.05, 0) is 0 Å². The summed E-state index contributed by atoms with van der Waals surface area (Å²) in [6.45, 7) is 4.62. The average Bonchev–Trinajstić information content (AvgIpc) is 2.98. The molecule has 0 atom stereocenters. The maximum atomic E-state index is 2.31. The molecule has 0 aromatic rings. The topological polar surface area (TPSA) is 0 Å². The lowest BCUT2D eigenvalue weighted by Gasteiger charge is -2.04. The standard InChI is InChI=1S/2C20H41.Al/c2*1-3-5-7-9-11-13-15-17-19-20-18-16-14-12-10-8-6-4-2;/h2*1,3-20H2,2H3;. The van der Waals surface area contributed by atoms with Crippen LogP contribution in [0.1, 0.15) is 245 Å². The molecule has 0 saturated carbocycles. The first kappa shape index (κ1) is 41.5. The molecule has 0 nitrogen and oxygen atoms in total. The normalized spacial score (nSPS) is 11.5. The van der Waals surface area contributed by atoms with E-state index in [2.05, 4.69) is 13.8 Å². The summed E-state index contributed by atoms with van der Waals surface area (Å²) in [5.74, 6) is 0. The van der Waals surface area contributed by atoms with Crippen molar-refractivity contribution >= 4 is 15.2 Å². The van der Waals surface area contributed by atoms with Gasteiger partial charge in [0.25, 0.3) is 0 Å². The molecule has 1 radical (unpaired) electrons. The fourth-order valence-electron chi connectivity index (χ4n) is 6.52. The summed E-state index contributed by atoms with van der Waals surface area (Å²) < 4.78 is 0. The second kappa shape index (κ2) is 40.5. The molecule has 0 N–H and O–H groups in total. The molecule has 0 aliphatic rings. The first-order valence-electron chi connectivity index (χ1n) is 20.2. The Hall–Kier alpha value is 0.532. The van der Waals surface area contributed by atoms with Gasteiger partial charge in [0.05, 0.1) is 0 Å². The van der Waals surface area contributed by atoms with Gasteiger partial charge in [0.1, 0.15) is 0 Å². The Labute approximate surface area is 269 Å². The molecular formula is C40H82Al. The van der Waals surface area contributed by atoms with E-state index in [9.17, 15) is 0 Å². The van der Waals surface area contributed by atoms with Crippen LogP contribution in [0.15, 0.2) is 0 Å². The number of hydrogen-bond donors (Lipinski definition) is 0. The van der Waals surface area contributed by atoms with Crippen LogP contribution >= 0.6 is 0 Å². The van der Waals surface area contributed by atoms with Crippen LogP contribution < -0.4 is 0 Å². The van der Waals surface area contributed by atoms with Gasteiger partial charge in [-0.2, -0.15) is 0 Å². The lowest BCUT2D eigenvalue weighted by Crippen LogP contribution is -1.90. The molecule has 0 aromatic heterocycles. The predicted molar refractivity (Wildman–Crippen MR) is 193 cm³/mol. The van der Waals surface area contributed by atoms with Crippen molar-refractivity contribution in [2.45, 2.75) is 256 Å². The number of rotatable bonds is 38. The van der Waals surface area contributed by atoms with E-state index in [0.717, 1.165) is 15.2 Å². The van der Waals surface area contributed by atoms with E-state index in [1.807, 2.05) is 0 Å². The van der Waals surface area contributed by atoms with Crippen molar-refractivity contribution in [3.63, 3.8) is 0 Å². The fraction of sp³-hybridized carbons (Fsp3) is 1.00. The lowest BCUT2D eigenvalue weighted by molar-refractivity contribution is 0.526. The van der Waals surface area contributed by atoms with Gasteiger partial charge in [0.15, 0.2) is 15.2 Å². The molecule has 245 valence electrons. The molecule has 0 rings (SSSR count). The highest BCUT2D eigenvalue weighted by Gasteiger charge is 1.98. The minimum atomic E-state index is 0.765. The highest BCUT2D eigenvalue weighted by molar-refractivity contribution is 6.35. The molecule has 0 fully saturated rings. The van der Waals surface area contributed by atoms with Gasteiger partial charge in [-0.25, -0.2) is 0 Å². The summed E-state index contributed by atoms with van der Waals surface area (Å²) in [5, 5.41) is 3.16. The molecule has 0 aromatic carbocycles. The zero-order chi connectivity index (χ0) is 29.6. The minimum absolute atomic E-state index is 0.765. The maximum absolute atomic E-state index is 2.31. The van der Waals surface area contributed by atoms with Crippen molar-refractivity contribution in [2.75, 3.05) is 0 Å². The van der Waals surface area contributed by atoms with Crippen LogP contribution in [0, 0.1) is 0 Å². The van der Waals surface area contributed by atoms with Crippen LogP contribution in [0.3, 0.4) is 0 Å². The van der Waals surface area contributed by atoms with Crippen molar-refractivity contribution in [2.24, 2.45) is 0 Å². The Balaban J connectivity index is 3.02. The molecule has 41 heavy (non-hydrogen) atoms. The average molecular weight is 590 g/mol. The first-order chi connectivity index (χ1) is 20.4. The molecule has 0 aliphatic carbocycles. The van der Waals surface area contributed by atoms with Crippen LogP contribution in [0.5, 0.6) is 0 Å². The smallest absolute Gasteiger partial charge is 0.104 e. The first-order valence-corrected chi connectivity index (χ1v) is 21.9. The lowest BCUT2D eigenvalue weighted by atomic mass is 10.0. The van der Waals surface area contributed by atoms with Crippen molar-refractivity contribution in [3.8, 4) is 0 Å². The van der Waals surface area contributed by atoms with Crippen LogP contribution in [0.2, 0.25) is 10.6 Å². The van der Waals surface area contributed by atoms with Crippen molar-refractivity contribution in [1.82, 2.24) is 0 Å². The Morgan fingerprint density at radius 1 is 0.195 bits per heavy atom. The summed E-state index contributed by atoms with van der Waals surface area (Å²) in [7, 11) is 0. The molecule has 0 bridgehead atoms. The van der Waals surface area contributed by atoms with E-state index in [-0.39, 0.29) is 0 Å². The molecule has 0 unspecified atom stereocenters. The molecule has 0 aliphatic heterocycles. The van der Waals surface area contributed by atoms with Gasteiger partial charge in [-0.15, -0.1) is 10.6 Å². The number of unbranched alkanes of at least 4 members (excludes halogenated alkanes) is 34. The van der Waals surface area contributed by atoms with Crippen molar-refractivity contribution in [1.29, 1.82) is 0 Å². The van der Waals surface area contributed by atoms with E-state index in [0.29, 0.717) is 0 Å². The summed E-state index contributed by atoms with van der Waals surface area (Å²) in [4.78, 5) is 0. The maximum Gasteiger partial charge on any atom is 0.199 e. The van der Waals surface area contributed by atoms with E-state index in [1.54, 1.807) is 10.6 Å². The van der Waals surface area contributed by atoms with Gasteiger partial charge < -0.3 is 0 Å². The van der Waals surface area contributed by atoms with E-state index in [1.165, 1.54) is 231 Å². The second-order valence-corrected chi connectivity index (χ2v) is 15.6. The quantitative estimate of drug-likeness (QED) is 0.0496. The Morgan fingerprint density at radius 3 is 0.512 bits per heavy atom. The van der Waals surface area contributed by atoms with Crippen LogP contribution in [-0.2, 0) is 0 Å². The summed E-state index contributed by atoms with van der Waals surface area (Å²) in [6.07, 6.45) is 53.6. The van der Waals surface area contributed by atoms with Crippen molar-refractivity contribution in [3.05, 3.63) is 0 Å². The molecule has 0 saturated heterocycles. The third kappa shape index (κ3) is 40.5. The molecule has 0 spiro atoms. The Bertz CT molecular complexity index is 381. The van der Waals surface area contributed by atoms with Gasteiger partial charge in [-0.1, -0.05) is 245 Å². The van der Waals surface area contributed by atoms with Crippen molar-refractivity contribution < 1.29 is 0 Å². The largest absolute Gasteiger partial charge is 0.199 e. The summed E-state index contributed by atoms with van der Waals surface area (Å²) >= 11 is 0.765. The highest BCUT2D eigenvalue weighted by atomic mass is 27.1. The zero-order valence-electron chi connectivity index (χ0n) is 29.4. The van der Waals surface area contributed by atoms with Gasteiger partial charge >= 0.3 is 0 Å². The third-order valence-electron chi connectivity index (χ3n) is 9.52. The van der Waals surface area contributed by atoms with Gasteiger partial charge in [-0.3, -0.25) is 0 Å². The Morgan fingerprint density at radius 2 is 0.341 bits per heavy atom. The Kier molecular flexibility index (Phi) is 41.1. The second-order valence-electron chi connectivity index (χ2n) is 13.9. The van der Waals surface area contributed by atoms with Gasteiger partial charge in [0, 0.05) is 0 Å². The summed E-state index contributed by atoms with van der Waals surface area (Å²) in [6, 6.07) is 0. The predicted octanol–water partition coefficient (Wildman–Crippen LogP) is 15.6. The monoisotopic (exact) mass is 590 g/mol. The third-order valence-corrected chi connectivity index (χ3v) is 11.2. The molecule has 0 amide bonds. The van der Waals surface area contributed by atoms with Crippen LogP contribution in [0.25, 0.3) is 0 Å². The van der Waals surface area contributed by atoms with Gasteiger partial charge in [0.2, 0.25) is 0 Å².